The van der Waals surface area contributed by atoms with Crippen molar-refractivity contribution in [3.8, 4) is 0 Å². The molecule has 0 amide bonds. The average molecular weight is 577 g/mol. The molecule has 1 fully saturated rings. The Morgan fingerprint density at radius 3 is 2.38 bits per heavy atom. The average Bonchev–Trinajstić information content (AvgIpc) is 2.90. The summed E-state index contributed by atoms with van der Waals surface area (Å²) in [6.45, 7) is 3.26. The number of nitrogens with zero attached hydrogens (tertiary/aromatic N) is 4. The minimum atomic E-state index is -3.71. The van der Waals surface area contributed by atoms with Crippen molar-refractivity contribution in [1.29, 1.82) is 0 Å². The number of aryl methyl sites for hydroxylation is 1. The quantitative estimate of drug-likeness (QED) is 0.366. The second-order valence-corrected chi connectivity index (χ2v) is 11.8. The Morgan fingerprint density at radius 1 is 1.08 bits per heavy atom. The summed E-state index contributed by atoms with van der Waals surface area (Å²) in [5.74, 6) is 0.541. The van der Waals surface area contributed by atoms with Gasteiger partial charge in [-0.25, -0.2) is 17.8 Å². The maximum absolute atomic E-state index is 13.5. The van der Waals surface area contributed by atoms with E-state index in [-0.39, 0.29) is 24.2 Å². The largest absolute Gasteiger partial charge is 0.340 e. The molecule has 2 N–H and O–H groups in total. The van der Waals surface area contributed by atoms with Crippen molar-refractivity contribution < 1.29 is 21.2 Å². The zero-order valence-electron chi connectivity index (χ0n) is 21.0. The van der Waals surface area contributed by atoms with Crippen LogP contribution in [0.3, 0.4) is 0 Å². The van der Waals surface area contributed by atoms with E-state index in [1.807, 2.05) is 4.90 Å². The zero-order chi connectivity index (χ0) is 27.3. The van der Waals surface area contributed by atoms with Crippen molar-refractivity contribution >= 4 is 48.8 Å². The summed E-state index contributed by atoms with van der Waals surface area (Å²) in [6, 6.07) is 12.6. The molecular weight excluding hydrogens is 543 g/mol. The van der Waals surface area contributed by atoms with Crippen molar-refractivity contribution in [1.82, 2.24) is 19.2 Å². The van der Waals surface area contributed by atoms with Gasteiger partial charge in [-0.3, -0.25) is 4.90 Å². The third-order valence-electron chi connectivity index (χ3n) is 6.41. The summed E-state index contributed by atoms with van der Waals surface area (Å²) in [6.07, 6.45) is 2.81. The maximum atomic E-state index is 13.5. The molecule has 1 aliphatic rings. The number of anilines is 4. The molecule has 0 saturated carbocycles. The van der Waals surface area contributed by atoms with Gasteiger partial charge in [0.2, 0.25) is 26.3 Å². The fraction of sp³-hybridized carbons (Fsp3) is 0.346. The SMILES string of the molecule is C.Cc1cc(Nc2ccnc(Nc3ccc(S(=O)(=O)N(C)C4CCN(CC=S(=O)=O)CC4)cc3)n2)ccc1F. The number of rotatable bonds is 9. The molecule has 4 rings (SSSR count). The van der Waals surface area contributed by atoms with Crippen LogP contribution in [0.15, 0.2) is 59.6 Å². The summed E-state index contributed by atoms with van der Waals surface area (Å²) in [7, 11) is -4.33. The lowest BCUT2D eigenvalue weighted by Crippen LogP contribution is -2.45. The third kappa shape index (κ3) is 7.82. The van der Waals surface area contributed by atoms with Gasteiger partial charge in [0.15, 0.2) is 0 Å². The molecule has 10 nitrogen and oxygen atoms in total. The highest BCUT2D eigenvalue weighted by molar-refractivity contribution is 7.89. The van der Waals surface area contributed by atoms with Gasteiger partial charge in [-0.1, -0.05) is 7.43 Å². The molecule has 0 aliphatic carbocycles. The smallest absolute Gasteiger partial charge is 0.243 e. The van der Waals surface area contributed by atoms with Crippen LogP contribution in [0.4, 0.5) is 27.5 Å². The molecule has 0 atom stereocenters. The predicted molar refractivity (Wildman–Crippen MR) is 152 cm³/mol. The first kappa shape index (κ1) is 30.2. The van der Waals surface area contributed by atoms with Crippen molar-refractivity contribution in [2.75, 3.05) is 37.3 Å². The molecule has 1 aromatic heterocycles. The fourth-order valence-corrected chi connectivity index (χ4v) is 5.94. The summed E-state index contributed by atoms with van der Waals surface area (Å²) in [4.78, 5) is 10.8. The van der Waals surface area contributed by atoms with Gasteiger partial charge in [0.1, 0.15) is 11.6 Å². The third-order valence-corrected chi connectivity index (χ3v) is 8.76. The number of nitrogens with one attached hydrogen (secondary N) is 2. The summed E-state index contributed by atoms with van der Waals surface area (Å²) < 4.78 is 62.8. The number of aromatic nitrogens is 2. The molecule has 0 unspecified atom stereocenters. The van der Waals surface area contributed by atoms with Gasteiger partial charge in [-0.2, -0.15) is 17.7 Å². The van der Waals surface area contributed by atoms with Crippen LogP contribution < -0.4 is 10.6 Å². The Hall–Kier alpha value is -3.39. The predicted octanol–water partition coefficient (Wildman–Crippen LogP) is 3.81. The lowest BCUT2D eigenvalue weighted by atomic mass is 10.1. The Balaban J connectivity index is 0.00000420. The molecule has 0 radical (unpaired) electrons. The van der Waals surface area contributed by atoms with E-state index in [1.165, 1.54) is 27.9 Å². The molecule has 2 heterocycles. The molecule has 0 spiro atoms. The van der Waals surface area contributed by atoms with E-state index in [1.54, 1.807) is 50.5 Å². The zero-order valence-corrected chi connectivity index (χ0v) is 22.6. The molecular formula is C26H33FN6O4S2. The van der Waals surface area contributed by atoms with Crippen LogP contribution in [-0.4, -0.2) is 74.1 Å². The Bertz CT molecular complexity index is 1520. The van der Waals surface area contributed by atoms with Gasteiger partial charge in [-0.15, -0.1) is 0 Å². The molecule has 1 saturated heterocycles. The molecule has 3 aromatic rings. The summed E-state index contributed by atoms with van der Waals surface area (Å²) in [5, 5.41) is 7.38. The van der Waals surface area contributed by atoms with Crippen LogP contribution in [0.25, 0.3) is 0 Å². The second kappa shape index (κ2) is 13.1. The number of halogens is 1. The molecule has 210 valence electrons. The van der Waals surface area contributed by atoms with Crippen molar-refractivity contribution in [2.24, 2.45) is 0 Å². The van der Waals surface area contributed by atoms with Crippen molar-refractivity contribution in [3.05, 3.63) is 66.1 Å². The second-order valence-electron chi connectivity index (χ2n) is 8.98. The number of likely N-dealkylation sites (tertiary alicyclic amines) is 1. The molecule has 13 heteroatoms. The van der Waals surface area contributed by atoms with E-state index in [4.69, 9.17) is 0 Å². The molecule has 2 aromatic carbocycles. The minimum Gasteiger partial charge on any atom is -0.340 e. The lowest BCUT2D eigenvalue weighted by molar-refractivity contribution is 0.188. The molecule has 0 bridgehead atoms. The van der Waals surface area contributed by atoms with Crippen LogP contribution in [0.2, 0.25) is 0 Å². The number of piperidine rings is 1. The van der Waals surface area contributed by atoms with Crippen molar-refractivity contribution in [3.63, 3.8) is 0 Å². The van der Waals surface area contributed by atoms with E-state index < -0.39 is 20.3 Å². The Morgan fingerprint density at radius 2 is 1.74 bits per heavy atom. The first-order chi connectivity index (χ1) is 18.1. The standard InChI is InChI=1S/C25H29FN6O4S2.CH4/c1-18-17-20(5-8-23(18)26)28-24-9-12-27-25(30-24)29-19-3-6-22(7-4-19)38(35,36)31(2)21-10-13-32(14-11-21)15-16-37(33)34;/h3-9,12,16-17,21H,10-11,13-15H2,1-2H3,(H2,27,28,29,30);1H4. The number of hydrogen-bond acceptors (Lipinski definition) is 9. The lowest BCUT2D eigenvalue weighted by Gasteiger charge is -2.35. The van der Waals surface area contributed by atoms with Gasteiger partial charge in [-0.05, 0) is 73.9 Å². The van der Waals surface area contributed by atoms with Crippen LogP contribution in [0.1, 0.15) is 25.8 Å². The van der Waals surface area contributed by atoms with E-state index in [0.29, 0.717) is 61.2 Å². The van der Waals surface area contributed by atoms with Gasteiger partial charge in [0, 0.05) is 55.7 Å². The summed E-state index contributed by atoms with van der Waals surface area (Å²) in [5.41, 5.74) is 1.82. The topological polar surface area (TPSA) is 125 Å². The number of sulfonamides is 1. The highest BCUT2D eigenvalue weighted by atomic mass is 32.2. The van der Waals surface area contributed by atoms with Gasteiger partial charge < -0.3 is 10.6 Å². The van der Waals surface area contributed by atoms with Crippen LogP contribution in [0.5, 0.6) is 0 Å². The van der Waals surface area contributed by atoms with E-state index in [0.717, 1.165) is 0 Å². The maximum Gasteiger partial charge on any atom is 0.243 e. The highest BCUT2D eigenvalue weighted by Gasteiger charge is 2.30. The molecule has 1 aliphatic heterocycles. The Kier molecular flexibility index (Phi) is 10.1. The number of hydrogen-bond donors (Lipinski definition) is 2. The van der Waals surface area contributed by atoms with E-state index in [2.05, 4.69) is 20.6 Å². The van der Waals surface area contributed by atoms with E-state index in [9.17, 15) is 21.2 Å². The first-order valence-corrected chi connectivity index (χ1v) is 14.5. The molecule has 39 heavy (non-hydrogen) atoms. The Labute approximate surface area is 230 Å². The highest BCUT2D eigenvalue weighted by Crippen LogP contribution is 2.25. The normalized spacial score (nSPS) is 14.5. The summed E-state index contributed by atoms with van der Waals surface area (Å²) >= 11 is 0. The van der Waals surface area contributed by atoms with Crippen LogP contribution in [-0.2, 0) is 20.3 Å². The van der Waals surface area contributed by atoms with Gasteiger partial charge in [0.05, 0.1) is 4.90 Å². The van der Waals surface area contributed by atoms with Gasteiger partial charge in [0.25, 0.3) is 0 Å². The first-order valence-electron chi connectivity index (χ1n) is 12.0. The van der Waals surface area contributed by atoms with Gasteiger partial charge >= 0.3 is 0 Å². The minimum absolute atomic E-state index is 0. The van der Waals surface area contributed by atoms with Crippen molar-refractivity contribution in [2.45, 2.75) is 38.1 Å². The fourth-order valence-electron chi connectivity index (χ4n) is 4.19. The van der Waals surface area contributed by atoms with Crippen LogP contribution >= 0.6 is 0 Å². The monoisotopic (exact) mass is 576 g/mol. The number of benzene rings is 2. The van der Waals surface area contributed by atoms with E-state index >= 15 is 0 Å². The van der Waals surface area contributed by atoms with Crippen LogP contribution in [0, 0.1) is 12.7 Å².